The summed E-state index contributed by atoms with van der Waals surface area (Å²) in [6.45, 7) is 0.952. The average Bonchev–Trinajstić information content (AvgIpc) is 2.55. The summed E-state index contributed by atoms with van der Waals surface area (Å²) in [4.78, 5) is 0. The van der Waals surface area contributed by atoms with Gasteiger partial charge in [-0.1, -0.05) is 60.7 Å². The molecule has 0 saturated carbocycles. The Labute approximate surface area is 127 Å². The van der Waals surface area contributed by atoms with Crippen LogP contribution in [-0.4, -0.2) is 6.54 Å². The van der Waals surface area contributed by atoms with E-state index in [0.717, 1.165) is 25.8 Å². The second-order valence-electron chi connectivity index (χ2n) is 5.22. The van der Waals surface area contributed by atoms with Gasteiger partial charge in [-0.25, -0.2) is 0 Å². The van der Waals surface area contributed by atoms with Crippen molar-refractivity contribution in [3.8, 4) is 6.07 Å². The maximum atomic E-state index is 8.58. The van der Waals surface area contributed by atoms with Gasteiger partial charge in [-0.2, -0.15) is 5.26 Å². The van der Waals surface area contributed by atoms with E-state index in [-0.39, 0.29) is 0 Å². The lowest BCUT2D eigenvalue weighted by molar-refractivity contribution is 0.514. The highest BCUT2D eigenvalue weighted by Gasteiger charge is 2.10. The molecule has 0 bridgehead atoms. The Morgan fingerprint density at radius 3 is 2.24 bits per heavy atom. The van der Waals surface area contributed by atoms with Gasteiger partial charge in [0.2, 0.25) is 0 Å². The Bertz CT molecular complexity index is 543. The smallest absolute Gasteiger partial charge is 0.0621 e. The highest BCUT2D eigenvalue weighted by atomic mass is 14.9. The molecular formula is C19H22N2. The van der Waals surface area contributed by atoms with Crippen LogP contribution in [0.4, 0.5) is 0 Å². The number of benzene rings is 2. The van der Waals surface area contributed by atoms with Crippen molar-refractivity contribution in [2.24, 2.45) is 0 Å². The molecule has 1 N–H and O–H groups in total. The molecule has 0 aliphatic rings. The number of rotatable bonds is 8. The summed E-state index contributed by atoms with van der Waals surface area (Å²) < 4.78 is 0. The number of nitrogens with one attached hydrogen (secondary N) is 1. The molecule has 0 aliphatic carbocycles. The first kappa shape index (κ1) is 15.3. The monoisotopic (exact) mass is 278 g/mol. The fourth-order valence-electron chi connectivity index (χ4n) is 2.45. The molecule has 0 spiro atoms. The summed E-state index contributed by atoms with van der Waals surface area (Å²) >= 11 is 0. The number of nitrogens with zero attached hydrogens (tertiary/aromatic N) is 1. The first-order valence-electron chi connectivity index (χ1n) is 7.59. The van der Waals surface area contributed by atoms with Crippen molar-refractivity contribution >= 4 is 0 Å². The Hall–Kier alpha value is -2.11. The second kappa shape index (κ2) is 8.94. The van der Waals surface area contributed by atoms with Gasteiger partial charge in [-0.05, 0) is 36.9 Å². The van der Waals surface area contributed by atoms with Gasteiger partial charge in [0.05, 0.1) is 6.07 Å². The quantitative estimate of drug-likeness (QED) is 0.733. The van der Waals surface area contributed by atoms with Crippen LogP contribution in [0.2, 0.25) is 0 Å². The zero-order valence-corrected chi connectivity index (χ0v) is 12.3. The van der Waals surface area contributed by atoms with Crippen molar-refractivity contribution in [2.45, 2.75) is 31.7 Å². The number of hydrogen-bond acceptors (Lipinski definition) is 2. The van der Waals surface area contributed by atoms with Crippen molar-refractivity contribution in [3.63, 3.8) is 0 Å². The van der Waals surface area contributed by atoms with Crippen molar-refractivity contribution in [3.05, 3.63) is 71.8 Å². The molecule has 2 nitrogen and oxygen atoms in total. The highest BCUT2D eigenvalue weighted by molar-refractivity contribution is 5.23. The maximum Gasteiger partial charge on any atom is 0.0621 e. The molecule has 1 atom stereocenters. The highest BCUT2D eigenvalue weighted by Crippen LogP contribution is 2.18. The minimum Gasteiger partial charge on any atom is -0.310 e. The molecule has 0 aromatic heterocycles. The van der Waals surface area contributed by atoms with Crippen LogP contribution >= 0.6 is 0 Å². The van der Waals surface area contributed by atoms with Crippen molar-refractivity contribution in [1.82, 2.24) is 5.32 Å². The Kier molecular flexibility index (Phi) is 6.51. The summed E-state index contributed by atoms with van der Waals surface area (Å²) in [5.74, 6) is 0. The molecule has 21 heavy (non-hydrogen) atoms. The van der Waals surface area contributed by atoms with E-state index in [9.17, 15) is 0 Å². The van der Waals surface area contributed by atoms with Crippen LogP contribution in [0.1, 0.15) is 36.4 Å². The van der Waals surface area contributed by atoms with Crippen molar-refractivity contribution < 1.29 is 0 Å². The number of nitriles is 1. The van der Waals surface area contributed by atoms with Crippen LogP contribution in [0.5, 0.6) is 0 Å². The van der Waals surface area contributed by atoms with Gasteiger partial charge in [-0.3, -0.25) is 0 Å². The Morgan fingerprint density at radius 1 is 0.905 bits per heavy atom. The van der Waals surface area contributed by atoms with Crippen LogP contribution in [0, 0.1) is 11.3 Å². The van der Waals surface area contributed by atoms with Crippen LogP contribution in [0.3, 0.4) is 0 Å². The molecular weight excluding hydrogens is 256 g/mol. The normalized spacial score (nSPS) is 11.8. The van der Waals surface area contributed by atoms with Gasteiger partial charge < -0.3 is 5.32 Å². The van der Waals surface area contributed by atoms with E-state index < -0.39 is 0 Å². The summed E-state index contributed by atoms with van der Waals surface area (Å²) in [6, 6.07) is 23.7. The fraction of sp³-hybridized carbons (Fsp3) is 0.316. The van der Waals surface area contributed by atoms with E-state index in [4.69, 9.17) is 5.26 Å². The van der Waals surface area contributed by atoms with Crippen molar-refractivity contribution in [2.75, 3.05) is 6.54 Å². The molecule has 0 heterocycles. The first-order valence-corrected chi connectivity index (χ1v) is 7.59. The van der Waals surface area contributed by atoms with Crippen LogP contribution in [0.25, 0.3) is 0 Å². The van der Waals surface area contributed by atoms with E-state index in [2.05, 4.69) is 72.0 Å². The third-order valence-electron chi connectivity index (χ3n) is 3.59. The molecule has 108 valence electrons. The summed E-state index contributed by atoms with van der Waals surface area (Å²) in [6.07, 6.45) is 3.65. The summed E-state index contributed by atoms with van der Waals surface area (Å²) in [5, 5.41) is 12.2. The van der Waals surface area contributed by atoms with Gasteiger partial charge >= 0.3 is 0 Å². The van der Waals surface area contributed by atoms with Crippen molar-refractivity contribution in [1.29, 1.82) is 5.26 Å². The van der Waals surface area contributed by atoms with Crippen LogP contribution in [0.15, 0.2) is 60.7 Å². The third kappa shape index (κ3) is 5.41. The predicted molar refractivity (Wildman–Crippen MR) is 86.8 cm³/mol. The molecule has 2 aromatic carbocycles. The molecule has 2 rings (SSSR count). The lowest BCUT2D eigenvalue weighted by Gasteiger charge is -2.19. The molecule has 2 aromatic rings. The Morgan fingerprint density at radius 2 is 1.57 bits per heavy atom. The Balaban J connectivity index is 1.96. The molecule has 0 amide bonds. The zero-order chi connectivity index (χ0) is 14.8. The number of hydrogen-bond donors (Lipinski definition) is 1. The lowest BCUT2D eigenvalue weighted by Crippen LogP contribution is -2.24. The van der Waals surface area contributed by atoms with Gasteiger partial charge in [0.1, 0.15) is 0 Å². The van der Waals surface area contributed by atoms with Gasteiger partial charge in [-0.15, -0.1) is 0 Å². The largest absolute Gasteiger partial charge is 0.310 e. The summed E-state index contributed by atoms with van der Waals surface area (Å²) in [5.41, 5.74) is 2.66. The molecule has 0 radical (unpaired) electrons. The predicted octanol–water partition coefficient (Wildman–Crippen LogP) is 4.25. The third-order valence-corrected chi connectivity index (χ3v) is 3.59. The topological polar surface area (TPSA) is 35.8 Å². The van der Waals surface area contributed by atoms with E-state index in [1.807, 2.05) is 0 Å². The minimum atomic E-state index is 0.329. The minimum absolute atomic E-state index is 0.329. The van der Waals surface area contributed by atoms with E-state index in [0.29, 0.717) is 12.5 Å². The zero-order valence-electron chi connectivity index (χ0n) is 12.3. The van der Waals surface area contributed by atoms with E-state index >= 15 is 0 Å². The summed E-state index contributed by atoms with van der Waals surface area (Å²) in [7, 11) is 0. The maximum absolute atomic E-state index is 8.58. The second-order valence-corrected chi connectivity index (χ2v) is 5.22. The van der Waals surface area contributed by atoms with E-state index in [1.54, 1.807) is 0 Å². The lowest BCUT2D eigenvalue weighted by atomic mass is 9.98. The molecule has 2 heteroatoms. The van der Waals surface area contributed by atoms with Crippen LogP contribution in [-0.2, 0) is 6.42 Å². The molecule has 0 aliphatic heterocycles. The van der Waals surface area contributed by atoms with Crippen LogP contribution < -0.4 is 5.32 Å². The number of unbranched alkanes of at least 4 members (excludes halogenated alkanes) is 2. The molecule has 1 unspecified atom stereocenters. The fourth-order valence-corrected chi connectivity index (χ4v) is 2.45. The van der Waals surface area contributed by atoms with E-state index in [1.165, 1.54) is 11.1 Å². The molecule has 0 fully saturated rings. The first-order chi connectivity index (χ1) is 10.4. The van der Waals surface area contributed by atoms with Gasteiger partial charge in [0.25, 0.3) is 0 Å². The standard InChI is InChI=1S/C19H22N2/c20-14-8-3-9-15-21-19(18-12-6-2-7-13-18)16-17-10-4-1-5-11-17/h1-2,4-7,10-13,19,21H,3,8-9,15-16H2. The average molecular weight is 278 g/mol. The van der Waals surface area contributed by atoms with Gasteiger partial charge in [0.15, 0.2) is 0 Å². The SMILES string of the molecule is N#CCCCCNC(Cc1ccccc1)c1ccccc1. The van der Waals surface area contributed by atoms with Gasteiger partial charge in [0, 0.05) is 12.5 Å². The molecule has 0 saturated heterocycles.